The molecule has 0 aliphatic heterocycles. The van der Waals surface area contributed by atoms with E-state index >= 15 is 0 Å². The lowest BCUT2D eigenvalue weighted by Crippen LogP contribution is -2.17. The Morgan fingerprint density at radius 3 is 2.60 bits per heavy atom. The Morgan fingerprint density at radius 1 is 1.30 bits per heavy atom. The predicted octanol–water partition coefficient (Wildman–Crippen LogP) is 3.81. The van der Waals surface area contributed by atoms with Crippen molar-refractivity contribution in [3.05, 3.63) is 40.9 Å². The van der Waals surface area contributed by atoms with Crippen molar-refractivity contribution in [2.24, 2.45) is 0 Å². The molecular formula is C13H13F3N2OS. The fourth-order valence-corrected chi connectivity index (χ4v) is 2.53. The van der Waals surface area contributed by atoms with Gasteiger partial charge in [0, 0.05) is 24.5 Å². The highest BCUT2D eigenvalue weighted by Crippen LogP contribution is 2.33. The summed E-state index contributed by atoms with van der Waals surface area (Å²) in [6.45, 7) is 0.425. The molecule has 1 heterocycles. The Balaban J connectivity index is 2.16. The number of para-hydroxylation sites is 1. The molecule has 0 fully saturated rings. The van der Waals surface area contributed by atoms with E-state index in [0.29, 0.717) is 17.4 Å². The Hall–Kier alpha value is -1.76. The van der Waals surface area contributed by atoms with Crippen molar-refractivity contribution in [1.82, 2.24) is 4.98 Å². The zero-order chi connectivity index (χ0) is 14.8. The number of halogens is 3. The highest BCUT2D eigenvalue weighted by atomic mass is 32.1. The summed E-state index contributed by atoms with van der Waals surface area (Å²) in [5, 5.41) is 1.34. The fraction of sp³-hybridized carbons (Fsp3) is 0.308. The number of hydrogen-bond donors (Lipinski definition) is 0. The quantitative estimate of drug-likeness (QED) is 0.859. The number of hydrogen-bond acceptors (Lipinski definition) is 4. The van der Waals surface area contributed by atoms with Gasteiger partial charge in [-0.1, -0.05) is 18.2 Å². The van der Waals surface area contributed by atoms with Crippen molar-refractivity contribution in [1.29, 1.82) is 0 Å². The van der Waals surface area contributed by atoms with Gasteiger partial charge in [0.2, 0.25) is 0 Å². The molecular weight excluding hydrogens is 289 g/mol. The van der Waals surface area contributed by atoms with Gasteiger partial charge in [-0.2, -0.15) is 13.2 Å². The van der Waals surface area contributed by atoms with Crippen molar-refractivity contribution in [2.75, 3.05) is 19.1 Å². The summed E-state index contributed by atoms with van der Waals surface area (Å²) in [6, 6.07) is 7.38. The Morgan fingerprint density at radius 2 is 2.00 bits per heavy atom. The topological polar surface area (TPSA) is 25.4 Å². The minimum absolute atomic E-state index is 0.322. The highest BCUT2D eigenvalue weighted by Gasteiger charge is 2.34. The minimum atomic E-state index is -4.40. The third-order valence-corrected chi connectivity index (χ3v) is 3.66. The van der Waals surface area contributed by atoms with Gasteiger partial charge >= 0.3 is 6.18 Å². The number of methoxy groups -OCH3 is 1. The van der Waals surface area contributed by atoms with Gasteiger partial charge in [0.15, 0.2) is 10.8 Å². The molecule has 0 aliphatic carbocycles. The lowest BCUT2D eigenvalue weighted by Gasteiger charge is -2.17. The van der Waals surface area contributed by atoms with E-state index in [2.05, 4.69) is 4.98 Å². The first-order valence-corrected chi connectivity index (χ1v) is 6.65. The van der Waals surface area contributed by atoms with Crippen LogP contribution in [0.2, 0.25) is 0 Å². The van der Waals surface area contributed by atoms with Crippen LogP contribution in [0.15, 0.2) is 29.6 Å². The van der Waals surface area contributed by atoms with Crippen molar-refractivity contribution in [3.8, 4) is 5.75 Å². The zero-order valence-electron chi connectivity index (χ0n) is 10.9. The van der Waals surface area contributed by atoms with Gasteiger partial charge in [0.05, 0.1) is 7.11 Å². The van der Waals surface area contributed by atoms with Gasteiger partial charge in [-0.25, -0.2) is 4.98 Å². The molecule has 0 radical (unpaired) electrons. The molecule has 0 unspecified atom stereocenters. The first kappa shape index (κ1) is 14.6. The van der Waals surface area contributed by atoms with E-state index in [1.165, 1.54) is 0 Å². The van der Waals surface area contributed by atoms with Crippen molar-refractivity contribution in [3.63, 3.8) is 0 Å². The van der Waals surface area contributed by atoms with E-state index in [9.17, 15) is 13.2 Å². The van der Waals surface area contributed by atoms with E-state index in [0.717, 1.165) is 22.3 Å². The van der Waals surface area contributed by atoms with Gasteiger partial charge in [0.25, 0.3) is 0 Å². The second kappa shape index (κ2) is 5.70. The van der Waals surface area contributed by atoms with Gasteiger partial charge < -0.3 is 9.64 Å². The summed E-state index contributed by atoms with van der Waals surface area (Å²) in [7, 11) is 3.26. The molecule has 0 atom stereocenters. The van der Waals surface area contributed by atoms with Gasteiger partial charge in [-0.15, -0.1) is 11.3 Å². The fourth-order valence-electron chi connectivity index (χ4n) is 1.73. The summed E-state index contributed by atoms with van der Waals surface area (Å²) in [4.78, 5) is 5.28. The molecule has 1 aromatic carbocycles. The number of benzene rings is 1. The highest BCUT2D eigenvalue weighted by molar-refractivity contribution is 7.13. The van der Waals surface area contributed by atoms with Crippen LogP contribution in [0.5, 0.6) is 5.75 Å². The number of rotatable bonds is 4. The van der Waals surface area contributed by atoms with Crippen molar-refractivity contribution < 1.29 is 17.9 Å². The van der Waals surface area contributed by atoms with E-state index in [1.807, 2.05) is 24.3 Å². The molecule has 3 nitrogen and oxygen atoms in total. The van der Waals surface area contributed by atoms with Gasteiger partial charge in [0.1, 0.15) is 5.75 Å². The summed E-state index contributed by atoms with van der Waals surface area (Å²) in [6.07, 6.45) is -4.40. The molecule has 1 aromatic heterocycles. The molecule has 0 spiro atoms. The lowest BCUT2D eigenvalue weighted by molar-refractivity contribution is -0.140. The molecule has 7 heteroatoms. The predicted molar refractivity (Wildman–Crippen MR) is 72.2 cm³/mol. The third kappa shape index (κ3) is 3.22. The maximum absolute atomic E-state index is 12.5. The first-order valence-electron chi connectivity index (χ1n) is 5.77. The normalized spacial score (nSPS) is 11.4. The van der Waals surface area contributed by atoms with E-state index in [1.54, 1.807) is 19.1 Å². The number of alkyl halides is 3. The molecule has 2 aromatic rings. The van der Waals surface area contributed by atoms with Crippen LogP contribution in [0, 0.1) is 0 Å². The average molecular weight is 302 g/mol. The largest absolute Gasteiger partial charge is 0.496 e. The molecule has 0 amide bonds. The van der Waals surface area contributed by atoms with Gasteiger partial charge in [-0.05, 0) is 6.07 Å². The second-order valence-corrected chi connectivity index (χ2v) is 5.02. The number of ether oxygens (including phenoxy) is 1. The molecule has 0 N–H and O–H groups in total. The second-order valence-electron chi connectivity index (χ2n) is 4.18. The molecule has 0 aliphatic rings. The molecule has 0 saturated carbocycles. The smallest absolute Gasteiger partial charge is 0.434 e. The molecule has 2 rings (SSSR count). The number of aromatic nitrogens is 1. The third-order valence-electron chi connectivity index (χ3n) is 2.71. The summed E-state index contributed by atoms with van der Waals surface area (Å²) in [5.41, 5.74) is 0.0330. The Kier molecular flexibility index (Phi) is 4.17. The molecule has 108 valence electrons. The van der Waals surface area contributed by atoms with Crippen LogP contribution in [0.1, 0.15) is 11.3 Å². The van der Waals surface area contributed by atoms with Crippen LogP contribution in [0.25, 0.3) is 0 Å². The van der Waals surface area contributed by atoms with Crippen LogP contribution in [-0.2, 0) is 12.7 Å². The van der Waals surface area contributed by atoms with Crippen LogP contribution in [0.3, 0.4) is 0 Å². The van der Waals surface area contributed by atoms with Crippen LogP contribution in [0.4, 0.5) is 18.3 Å². The number of nitrogens with zero attached hydrogens (tertiary/aromatic N) is 2. The van der Waals surface area contributed by atoms with Crippen LogP contribution >= 0.6 is 11.3 Å². The van der Waals surface area contributed by atoms with Crippen molar-refractivity contribution in [2.45, 2.75) is 12.7 Å². The average Bonchev–Trinajstić information content (AvgIpc) is 2.89. The minimum Gasteiger partial charge on any atom is -0.496 e. The standard InChI is InChI=1S/C13H13F3N2OS/c1-18(7-9-5-3-4-6-10(9)19-2)12-17-11(8-20-12)13(14,15)16/h3-6,8H,7H2,1-2H3. The SMILES string of the molecule is COc1ccccc1CN(C)c1nc(C(F)(F)F)cs1. The molecule has 20 heavy (non-hydrogen) atoms. The summed E-state index contributed by atoms with van der Waals surface area (Å²) >= 11 is 0.971. The monoisotopic (exact) mass is 302 g/mol. The van der Waals surface area contributed by atoms with Crippen molar-refractivity contribution >= 4 is 16.5 Å². The summed E-state index contributed by atoms with van der Waals surface area (Å²) in [5.74, 6) is 0.701. The Bertz CT molecular complexity index is 583. The number of anilines is 1. The van der Waals surface area contributed by atoms with E-state index in [-0.39, 0.29) is 0 Å². The molecule has 0 saturated heterocycles. The van der Waals surface area contributed by atoms with Gasteiger partial charge in [-0.3, -0.25) is 0 Å². The maximum atomic E-state index is 12.5. The lowest BCUT2D eigenvalue weighted by atomic mass is 10.2. The Labute approximate surface area is 118 Å². The van der Waals surface area contributed by atoms with Crippen LogP contribution < -0.4 is 9.64 Å². The molecule has 0 bridgehead atoms. The van der Waals surface area contributed by atoms with E-state index < -0.39 is 11.9 Å². The van der Waals surface area contributed by atoms with Crippen LogP contribution in [-0.4, -0.2) is 19.1 Å². The first-order chi connectivity index (χ1) is 9.41. The van der Waals surface area contributed by atoms with E-state index in [4.69, 9.17) is 4.74 Å². The maximum Gasteiger partial charge on any atom is 0.434 e. The number of thiazole rings is 1. The zero-order valence-corrected chi connectivity index (χ0v) is 11.8. The summed E-state index contributed by atoms with van der Waals surface area (Å²) < 4.78 is 42.8.